The van der Waals surface area contributed by atoms with Gasteiger partial charge in [-0.3, -0.25) is 4.98 Å². The molecule has 1 atom stereocenters. The van der Waals surface area contributed by atoms with E-state index >= 15 is 0 Å². The molecule has 0 amide bonds. The lowest BCUT2D eigenvalue weighted by Crippen LogP contribution is -2.37. The highest BCUT2D eigenvalue weighted by atomic mass is 35.5. The van der Waals surface area contributed by atoms with E-state index in [0.29, 0.717) is 31.5 Å². The summed E-state index contributed by atoms with van der Waals surface area (Å²) in [4.78, 5) is 4.04. The van der Waals surface area contributed by atoms with Crippen LogP contribution in [0.15, 0.2) is 12.3 Å². The van der Waals surface area contributed by atoms with Crippen molar-refractivity contribution in [3.05, 3.63) is 28.5 Å². The number of hydrogen-bond acceptors (Lipinski definition) is 4. The SMILES string of the molecule is OC[C@@H](O)c1cnc(C2(F)CCNCC2)c(Cl)c1. The van der Waals surface area contributed by atoms with E-state index in [1.807, 2.05) is 0 Å². The molecule has 1 aromatic heterocycles. The van der Waals surface area contributed by atoms with Gasteiger partial charge in [0, 0.05) is 11.8 Å². The first-order valence-electron chi connectivity index (χ1n) is 5.91. The summed E-state index contributed by atoms with van der Waals surface area (Å²) in [5.74, 6) is 0. The maximum atomic E-state index is 14.7. The van der Waals surface area contributed by atoms with Crippen molar-refractivity contribution in [1.29, 1.82) is 0 Å². The summed E-state index contributed by atoms with van der Waals surface area (Å²) in [5, 5.41) is 21.6. The fraction of sp³-hybridized carbons (Fsp3) is 0.583. The monoisotopic (exact) mass is 274 g/mol. The van der Waals surface area contributed by atoms with E-state index in [-0.39, 0.29) is 10.7 Å². The molecule has 18 heavy (non-hydrogen) atoms. The third-order valence-electron chi connectivity index (χ3n) is 3.24. The number of nitrogens with zero attached hydrogens (tertiary/aromatic N) is 1. The van der Waals surface area contributed by atoms with Gasteiger partial charge >= 0.3 is 0 Å². The summed E-state index contributed by atoms with van der Waals surface area (Å²) in [7, 11) is 0. The number of pyridine rings is 1. The number of aromatic nitrogens is 1. The van der Waals surface area contributed by atoms with E-state index in [9.17, 15) is 9.50 Å². The van der Waals surface area contributed by atoms with Crippen LogP contribution in [0.2, 0.25) is 5.02 Å². The molecular formula is C12H16ClFN2O2. The second-order valence-electron chi connectivity index (χ2n) is 4.51. The summed E-state index contributed by atoms with van der Waals surface area (Å²) < 4.78 is 14.7. The van der Waals surface area contributed by atoms with Gasteiger partial charge in [0.2, 0.25) is 0 Å². The molecule has 0 bridgehead atoms. The Hall–Kier alpha value is -0.750. The zero-order valence-corrected chi connectivity index (χ0v) is 10.6. The first-order chi connectivity index (χ1) is 8.57. The van der Waals surface area contributed by atoms with Crippen molar-refractivity contribution < 1.29 is 14.6 Å². The third-order valence-corrected chi connectivity index (χ3v) is 3.53. The van der Waals surface area contributed by atoms with E-state index in [2.05, 4.69) is 10.3 Å². The molecule has 1 saturated heterocycles. The maximum Gasteiger partial charge on any atom is 0.156 e. The third kappa shape index (κ3) is 2.64. The van der Waals surface area contributed by atoms with Crippen molar-refractivity contribution >= 4 is 11.6 Å². The van der Waals surface area contributed by atoms with Gasteiger partial charge < -0.3 is 15.5 Å². The van der Waals surface area contributed by atoms with Crippen molar-refractivity contribution in [3.63, 3.8) is 0 Å². The number of aliphatic hydroxyl groups is 2. The summed E-state index contributed by atoms with van der Waals surface area (Å²) in [6.07, 6.45) is 1.00. The molecule has 6 heteroatoms. The first-order valence-corrected chi connectivity index (χ1v) is 6.29. The predicted octanol–water partition coefficient (Wildman–Crippen LogP) is 1.31. The molecule has 0 aromatic carbocycles. The Balaban J connectivity index is 2.29. The fourth-order valence-electron chi connectivity index (χ4n) is 2.13. The summed E-state index contributed by atoms with van der Waals surface area (Å²) in [6.45, 7) is 0.771. The Labute approximate surface area is 110 Å². The Bertz CT molecular complexity index is 425. The molecule has 2 rings (SSSR count). The summed E-state index contributed by atoms with van der Waals surface area (Å²) in [6, 6.07) is 1.47. The maximum absolute atomic E-state index is 14.7. The topological polar surface area (TPSA) is 65.4 Å². The van der Waals surface area contributed by atoms with Gasteiger partial charge in [0.1, 0.15) is 6.10 Å². The molecule has 0 spiro atoms. The molecule has 0 saturated carbocycles. The number of rotatable bonds is 3. The number of alkyl halides is 1. The van der Waals surface area contributed by atoms with Crippen LogP contribution in [0.25, 0.3) is 0 Å². The van der Waals surface area contributed by atoms with E-state index in [0.717, 1.165) is 0 Å². The Kier molecular flexibility index (Phi) is 4.17. The zero-order chi connectivity index (χ0) is 13.2. The van der Waals surface area contributed by atoms with Crippen LogP contribution in [0.5, 0.6) is 0 Å². The van der Waals surface area contributed by atoms with Gasteiger partial charge in [-0.15, -0.1) is 0 Å². The molecule has 1 aromatic rings. The first kappa shape index (κ1) is 13.7. The van der Waals surface area contributed by atoms with Crippen molar-refractivity contribution in [1.82, 2.24) is 10.3 Å². The van der Waals surface area contributed by atoms with Gasteiger partial charge in [-0.2, -0.15) is 0 Å². The van der Waals surface area contributed by atoms with Crippen molar-refractivity contribution in [2.75, 3.05) is 19.7 Å². The molecule has 0 unspecified atom stereocenters. The number of hydrogen-bond donors (Lipinski definition) is 3. The van der Waals surface area contributed by atoms with Crippen LogP contribution in [0.3, 0.4) is 0 Å². The van der Waals surface area contributed by atoms with Gasteiger partial charge in [-0.05, 0) is 32.0 Å². The molecular weight excluding hydrogens is 259 g/mol. The van der Waals surface area contributed by atoms with Crippen LogP contribution >= 0.6 is 11.6 Å². The van der Waals surface area contributed by atoms with Crippen molar-refractivity contribution in [3.8, 4) is 0 Å². The van der Waals surface area contributed by atoms with Crippen LogP contribution in [0, 0.1) is 0 Å². The molecule has 2 heterocycles. The fourth-order valence-corrected chi connectivity index (χ4v) is 2.47. The predicted molar refractivity (Wildman–Crippen MR) is 66.2 cm³/mol. The van der Waals surface area contributed by atoms with Crippen LogP contribution < -0.4 is 5.32 Å². The second kappa shape index (κ2) is 5.48. The Morgan fingerprint density at radius 1 is 1.50 bits per heavy atom. The van der Waals surface area contributed by atoms with Gasteiger partial charge in [0.05, 0.1) is 17.3 Å². The van der Waals surface area contributed by atoms with Gasteiger partial charge in [-0.1, -0.05) is 11.6 Å². The molecule has 0 radical (unpaired) electrons. The summed E-state index contributed by atoms with van der Waals surface area (Å²) in [5.41, 5.74) is -0.895. The highest BCUT2D eigenvalue weighted by molar-refractivity contribution is 6.31. The molecule has 1 aliphatic rings. The van der Waals surface area contributed by atoms with E-state index in [1.54, 1.807) is 0 Å². The highest BCUT2D eigenvalue weighted by Crippen LogP contribution is 2.38. The number of aliphatic hydroxyl groups excluding tert-OH is 2. The van der Waals surface area contributed by atoms with Crippen LogP contribution in [0.1, 0.15) is 30.2 Å². The number of nitrogens with one attached hydrogen (secondary N) is 1. The highest BCUT2D eigenvalue weighted by Gasteiger charge is 2.37. The smallest absolute Gasteiger partial charge is 0.156 e. The zero-order valence-electron chi connectivity index (χ0n) is 9.87. The Morgan fingerprint density at radius 2 is 2.17 bits per heavy atom. The van der Waals surface area contributed by atoms with E-state index in [4.69, 9.17) is 16.7 Å². The molecule has 1 aliphatic heterocycles. The van der Waals surface area contributed by atoms with Crippen molar-refractivity contribution in [2.45, 2.75) is 24.6 Å². The average molecular weight is 275 g/mol. The van der Waals surface area contributed by atoms with E-state index < -0.39 is 18.4 Å². The number of piperidine rings is 1. The molecule has 1 fully saturated rings. The largest absolute Gasteiger partial charge is 0.393 e. The average Bonchev–Trinajstić information content (AvgIpc) is 2.38. The Morgan fingerprint density at radius 3 is 2.72 bits per heavy atom. The minimum atomic E-state index is -1.51. The van der Waals surface area contributed by atoms with Gasteiger partial charge in [0.15, 0.2) is 5.67 Å². The van der Waals surface area contributed by atoms with Crippen LogP contribution in [0.4, 0.5) is 4.39 Å². The van der Waals surface area contributed by atoms with Crippen molar-refractivity contribution in [2.24, 2.45) is 0 Å². The molecule has 0 aliphatic carbocycles. The minimum Gasteiger partial charge on any atom is -0.393 e. The van der Waals surface area contributed by atoms with Gasteiger partial charge in [0.25, 0.3) is 0 Å². The standard InChI is InChI=1S/C12H16ClFN2O2/c13-9-5-8(10(18)7-17)6-16-11(9)12(14)1-3-15-4-2-12/h5-6,10,15,17-18H,1-4,7H2/t10-/m1/s1. The van der Waals surface area contributed by atoms with Gasteiger partial charge in [-0.25, -0.2) is 4.39 Å². The van der Waals surface area contributed by atoms with Crippen LogP contribution in [-0.2, 0) is 5.67 Å². The molecule has 3 N–H and O–H groups in total. The lowest BCUT2D eigenvalue weighted by molar-refractivity contribution is 0.0941. The summed E-state index contributed by atoms with van der Waals surface area (Å²) >= 11 is 6.04. The molecule has 100 valence electrons. The quantitative estimate of drug-likeness (QED) is 0.778. The lowest BCUT2D eigenvalue weighted by atomic mass is 9.90. The second-order valence-corrected chi connectivity index (χ2v) is 4.92. The molecule has 4 nitrogen and oxygen atoms in total. The normalized spacial score (nSPS) is 20.7. The lowest BCUT2D eigenvalue weighted by Gasteiger charge is -2.30. The van der Waals surface area contributed by atoms with Crippen LogP contribution in [-0.4, -0.2) is 34.9 Å². The number of halogens is 2. The minimum absolute atomic E-state index is 0.199. The van der Waals surface area contributed by atoms with E-state index in [1.165, 1.54) is 12.3 Å².